The van der Waals surface area contributed by atoms with Crippen LogP contribution in [0.4, 0.5) is 0 Å². The molecule has 18 heteroatoms. The zero-order valence-electron chi connectivity index (χ0n) is 25.1. The first kappa shape index (κ1) is 36.3. The number of rotatable bonds is 11. The summed E-state index contributed by atoms with van der Waals surface area (Å²) in [4.78, 5) is 83.5. The van der Waals surface area contributed by atoms with Gasteiger partial charge in [0.25, 0.3) is 0 Å². The SMILES string of the molecule is CC(=O)OCC1OC(O)C(OC(C)=O)C(OC(C)=O)C1OC1OC(COC(C)=O)C(OC(C)=O)C(OC(C)=O)C1OC(C)=O. The summed E-state index contributed by atoms with van der Waals surface area (Å²) < 4.78 is 54.1. The normalized spacial score (nSPS) is 31.5. The second-order valence-electron chi connectivity index (χ2n) is 9.68. The van der Waals surface area contributed by atoms with Gasteiger partial charge in [-0.05, 0) is 0 Å². The molecule has 248 valence electrons. The average molecular weight is 637 g/mol. The lowest BCUT2D eigenvalue weighted by molar-refractivity contribution is -0.357. The minimum absolute atomic E-state index is 0.572. The van der Waals surface area contributed by atoms with Gasteiger partial charge in [-0.2, -0.15) is 0 Å². The number of ether oxygens (including phenoxy) is 10. The molecule has 2 fully saturated rings. The molecular weight excluding hydrogens is 600 g/mol. The zero-order valence-corrected chi connectivity index (χ0v) is 25.1. The van der Waals surface area contributed by atoms with Crippen LogP contribution in [0.15, 0.2) is 0 Å². The summed E-state index contributed by atoms with van der Waals surface area (Å²) in [5.74, 6) is -6.03. The van der Waals surface area contributed by atoms with Gasteiger partial charge in [-0.3, -0.25) is 33.6 Å². The molecule has 2 heterocycles. The van der Waals surface area contributed by atoms with E-state index in [9.17, 15) is 38.7 Å². The number of aliphatic hydroxyl groups excluding tert-OH is 1. The van der Waals surface area contributed by atoms with Gasteiger partial charge in [0.1, 0.15) is 31.5 Å². The average Bonchev–Trinajstić information content (AvgIpc) is 2.87. The minimum Gasteiger partial charge on any atom is -0.463 e. The van der Waals surface area contributed by atoms with Crippen molar-refractivity contribution in [3.05, 3.63) is 0 Å². The van der Waals surface area contributed by atoms with Crippen LogP contribution in [-0.4, -0.2) is 122 Å². The molecule has 0 amide bonds. The largest absolute Gasteiger partial charge is 0.463 e. The Morgan fingerprint density at radius 3 is 1.27 bits per heavy atom. The van der Waals surface area contributed by atoms with Crippen LogP contribution in [0.5, 0.6) is 0 Å². The fourth-order valence-electron chi connectivity index (χ4n) is 4.49. The summed E-state index contributed by atoms with van der Waals surface area (Å²) in [6.45, 7) is 6.11. The van der Waals surface area contributed by atoms with E-state index in [1.807, 2.05) is 0 Å². The minimum atomic E-state index is -1.90. The van der Waals surface area contributed by atoms with E-state index in [0.29, 0.717) is 0 Å². The van der Waals surface area contributed by atoms with E-state index in [2.05, 4.69) is 0 Å². The molecule has 2 aliphatic heterocycles. The van der Waals surface area contributed by atoms with Gasteiger partial charge in [0, 0.05) is 48.5 Å². The molecule has 44 heavy (non-hydrogen) atoms. The van der Waals surface area contributed by atoms with Crippen LogP contribution in [0, 0.1) is 0 Å². The van der Waals surface area contributed by atoms with Gasteiger partial charge in [0.15, 0.2) is 43.1 Å². The Hall–Kier alpha value is -3.87. The fourth-order valence-corrected chi connectivity index (χ4v) is 4.49. The molecule has 0 bridgehead atoms. The maximum Gasteiger partial charge on any atom is 0.303 e. The second-order valence-corrected chi connectivity index (χ2v) is 9.68. The molecule has 0 aromatic heterocycles. The lowest BCUT2D eigenvalue weighted by Crippen LogP contribution is -2.67. The van der Waals surface area contributed by atoms with Crippen LogP contribution in [0.1, 0.15) is 48.5 Å². The molecule has 1 N–H and O–H groups in total. The van der Waals surface area contributed by atoms with Crippen LogP contribution in [0.3, 0.4) is 0 Å². The highest BCUT2D eigenvalue weighted by atomic mass is 16.8. The molecular formula is C26H36O18. The summed E-state index contributed by atoms with van der Waals surface area (Å²) in [6, 6.07) is 0. The summed E-state index contributed by atoms with van der Waals surface area (Å²) in [6.07, 6.45) is -16.3. The molecule has 0 radical (unpaired) electrons. The van der Waals surface area contributed by atoms with E-state index >= 15 is 0 Å². The first-order valence-electron chi connectivity index (χ1n) is 13.3. The number of aliphatic hydroxyl groups is 1. The summed E-state index contributed by atoms with van der Waals surface area (Å²) in [5.41, 5.74) is 0. The maximum atomic E-state index is 12.2. The lowest BCUT2D eigenvalue weighted by atomic mass is 9.96. The number of hydrogen-bond donors (Lipinski definition) is 1. The Balaban J connectivity index is 2.66. The van der Waals surface area contributed by atoms with E-state index in [1.54, 1.807) is 0 Å². The van der Waals surface area contributed by atoms with Crippen molar-refractivity contribution < 1.29 is 86.0 Å². The number of carbonyl (C=O) groups is 7. The van der Waals surface area contributed by atoms with Gasteiger partial charge in [-0.1, -0.05) is 0 Å². The van der Waals surface area contributed by atoms with Crippen molar-refractivity contribution in [1.29, 1.82) is 0 Å². The summed E-state index contributed by atoms with van der Waals surface area (Å²) in [5, 5.41) is 10.6. The first-order valence-corrected chi connectivity index (χ1v) is 13.3. The van der Waals surface area contributed by atoms with Gasteiger partial charge in [-0.15, -0.1) is 0 Å². The third-order valence-corrected chi connectivity index (χ3v) is 5.90. The van der Waals surface area contributed by atoms with Crippen LogP contribution < -0.4 is 0 Å². The molecule has 10 atom stereocenters. The standard InChI is InChI=1S/C26H36O18/c1-10(27)35-8-17-20(21(38-13(4)30)23(25(34)42-17)40-15(6)32)44-26-24(41-16(7)33)22(39-14(5)31)19(37-12(3)29)18(43-26)9-36-11(2)28/h17-26,34H,8-9H2,1-7H3. The van der Waals surface area contributed by atoms with E-state index in [-0.39, 0.29) is 0 Å². The van der Waals surface area contributed by atoms with Gasteiger partial charge in [-0.25, -0.2) is 0 Å². The second kappa shape index (κ2) is 16.3. The van der Waals surface area contributed by atoms with Crippen LogP contribution in [0.25, 0.3) is 0 Å². The third-order valence-electron chi connectivity index (χ3n) is 5.90. The topological polar surface area (TPSA) is 232 Å². The molecule has 10 unspecified atom stereocenters. The van der Waals surface area contributed by atoms with Gasteiger partial charge >= 0.3 is 41.8 Å². The van der Waals surface area contributed by atoms with Gasteiger partial charge < -0.3 is 52.5 Å². The Labute approximate surface area is 251 Å². The smallest absolute Gasteiger partial charge is 0.303 e. The lowest BCUT2D eigenvalue weighted by Gasteiger charge is -2.48. The van der Waals surface area contributed by atoms with Crippen molar-refractivity contribution in [3.63, 3.8) is 0 Å². The Morgan fingerprint density at radius 2 is 0.841 bits per heavy atom. The highest BCUT2D eigenvalue weighted by Gasteiger charge is 2.57. The van der Waals surface area contributed by atoms with Crippen molar-refractivity contribution >= 4 is 41.8 Å². The van der Waals surface area contributed by atoms with Crippen LogP contribution in [-0.2, 0) is 80.9 Å². The van der Waals surface area contributed by atoms with E-state index in [1.165, 1.54) is 0 Å². The molecule has 2 aliphatic rings. The zero-order chi connectivity index (χ0) is 33.3. The highest BCUT2D eigenvalue weighted by Crippen LogP contribution is 2.34. The molecule has 2 saturated heterocycles. The Morgan fingerprint density at radius 1 is 0.477 bits per heavy atom. The molecule has 18 nitrogen and oxygen atoms in total. The van der Waals surface area contributed by atoms with E-state index < -0.39 is 116 Å². The quantitative estimate of drug-likeness (QED) is 0.203. The first-order chi connectivity index (χ1) is 20.5. The van der Waals surface area contributed by atoms with Crippen molar-refractivity contribution in [3.8, 4) is 0 Å². The molecule has 0 saturated carbocycles. The van der Waals surface area contributed by atoms with E-state index in [4.69, 9.17) is 47.4 Å². The Bertz CT molecular complexity index is 1090. The van der Waals surface area contributed by atoms with Crippen LogP contribution in [0.2, 0.25) is 0 Å². The molecule has 0 aromatic carbocycles. The maximum absolute atomic E-state index is 12.2. The number of carbonyl (C=O) groups excluding carboxylic acids is 7. The molecule has 0 spiro atoms. The van der Waals surface area contributed by atoms with Gasteiger partial charge in [0.05, 0.1) is 0 Å². The summed E-state index contributed by atoms with van der Waals surface area (Å²) in [7, 11) is 0. The van der Waals surface area contributed by atoms with Crippen molar-refractivity contribution in [2.24, 2.45) is 0 Å². The van der Waals surface area contributed by atoms with Gasteiger partial charge in [0.2, 0.25) is 0 Å². The van der Waals surface area contributed by atoms with E-state index in [0.717, 1.165) is 48.5 Å². The number of hydrogen-bond acceptors (Lipinski definition) is 18. The Kier molecular flexibility index (Phi) is 13.4. The fraction of sp³-hybridized carbons (Fsp3) is 0.731. The van der Waals surface area contributed by atoms with Crippen LogP contribution >= 0.6 is 0 Å². The predicted molar refractivity (Wildman–Crippen MR) is 135 cm³/mol. The number of esters is 7. The van der Waals surface area contributed by atoms with Crippen molar-refractivity contribution in [2.75, 3.05) is 13.2 Å². The monoisotopic (exact) mass is 636 g/mol. The molecule has 0 aliphatic carbocycles. The predicted octanol–water partition coefficient (Wildman–Crippen LogP) is -1.40. The summed E-state index contributed by atoms with van der Waals surface area (Å²) >= 11 is 0. The molecule has 0 aromatic rings. The molecule has 2 rings (SSSR count). The van der Waals surface area contributed by atoms with Crippen molar-refractivity contribution in [2.45, 2.75) is 110 Å². The highest BCUT2D eigenvalue weighted by molar-refractivity contribution is 5.69. The third kappa shape index (κ3) is 10.7. The van der Waals surface area contributed by atoms with Crippen molar-refractivity contribution in [1.82, 2.24) is 0 Å².